The Morgan fingerprint density at radius 2 is 1.89 bits per heavy atom. The van der Waals surface area contributed by atoms with Gasteiger partial charge >= 0.3 is 11.8 Å². The van der Waals surface area contributed by atoms with Crippen LogP contribution in [-0.2, 0) is 16.0 Å². The van der Waals surface area contributed by atoms with Crippen LogP contribution in [0.15, 0.2) is 47.6 Å². The number of benzene rings is 2. The number of phenols is 1. The predicted molar refractivity (Wildman–Crippen MR) is 104 cm³/mol. The summed E-state index contributed by atoms with van der Waals surface area (Å²) in [6, 6.07) is 10.5. The lowest BCUT2D eigenvalue weighted by Crippen LogP contribution is -2.32. The van der Waals surface area contributed by atoms with Gasteiger partial charge in [-0.3, -0.25) is 19.7 Å². The number of non-ortho nitro benzene ring substituents is 1. The van der Waals surface area contributed by atoms with Crippen molar-refractivity contribution in [2.75, 3.05) is 5.32 Å². The summed E-state index contributed by atoms with van der Waals surface area (Å²) < 4.78 is 0. The molecule has 2 rings (SSSR count). The third-order valence-corrected chi connectivity index (χ3v) is 3.83. The predicted octanol–water partition coefficient (Wildman–Crippen LogP) is 2.73. The lowest BCUT2D eigenvalue weighted by Gasteiger charge is -2.05. The van der Waals surface area contributed by atoms with Gasteiger partial charge in [0.15, 0.2) is 0 Å². The molecule has 0 saturated carbocycles. The van der Waals surface area contributed by atoms with Crippen LogP contribution < -0.4 is 10.7 Å². The summed E-state index contributed by atoms with van der Waals surface area (Å²) in [6.45, 7) is 2.11. The highest BCUT2D eigenvalue weighted by molar-refractivity contribution is 6.39. The third kappa shape index (κ3) is 5.90. The molecule has 2 aromatic carbocycles. The number of nitrogens with one attached hydrogen (secondary N) is 2. The number of aromatic hydroxyl groups is 1. The molecule has 0 aromatic heterocycles. The second kappa shape index (κ2) is 9.81. The molecule has 0 fully saturated rings. The summed E-state index contributed by atoms with van der Waals surface area (Å²) in [5, 5.41) is 26.4. The van der Waals surface area contributed by atoms with Crippen LogP contribution in [0.1, 0.15) is 30.9 Å². The van der Waals surface area contributed by atoms with Crippen molar-refractivity contribution in [3.05, 3.63) is 63.7 Å². The van der Waals surface area contributed by atoms with Crippen LogP contribution in [0.2, 0.25) is 0 Å². The van der Waals surface area contributed by atoms with Gasteiger partial charge in [-0.25, -0.2) is 5.43 Å². The molecule has 3 N–H and O–H groups in total. The number of carbonyl (C=O) groups excluding carboxylic acids is 2. The maximum atomic E-state index is 11.9. The van der Waals surface area contributed by atoms with E-state index in [1.165, 1.54) is 0 Å². The molecule has 28 heavy (non-hydrogen) atoms. The lowest BCUT2D eigenvalue weighted by molar-refractivity contribution is -0.384. The number of anilines is 1. The minimum absolute atomic E-state index is 0.0255. The molecular weight excluding hydrogens is 364 g/mol. The molecule has 0 aliphatic carbocycles. The first-order valence-electron chi connectivity index (χ1n) is 8.61. The number of phenolic OH excluding ortho intramolecular Hbond substituents is 1. The molecule has 0 unspecified atom stereocenters. The van der Waals surface area contributed by atoms with Crippen molar-refractivity contribution in [2.45, 2.75) is 26.2 Å². The van der Waals surface area contributed by atoms with Gasteiger partial charge in [-0.2, -0.15) is 5.10 Å². The second-order valence-corrected chi connectivity index (χ2v) is 5.95. The normalized spacial score (nSPS) is 10.6. The van der Waals surface area contributed by atoms with E-state index in [0.717, 1.165) is 49.2 Å². The Kier molecular flexibility index (Phi) is 7.21. The monoisotopic (exact) mass is 384 g/mol. The highest BCUT2D eigenvalue weighted by Gasteiger charge is 2.13. The summed E-state index contributed by atoms with van der Waals surface area (Å²) in [7, 11) is 0. The van der Waals surface area contributed by atoms with E-state index in [2.05, 4.69) is 17.3 Å². The van der Waals surface area contributed by atoms with Gasteiger partial charge in [0, 0.05) is 23.4 Å². The number of amides is 2. The number of hydrazone groups is 1. The highest BCUT2D eigenvalue weighted by Crippen LogP contribution is 2.21. The Hall–Kier alpha value is -3.75. The number of hydrogen-bond donors (Lipinski definition) is 3. The first-order valence-corrected chi connectivity index (χ1v) is 8.61. The van der Waals surface area contributed by atoms with E-state index in [0.29, 0.717) is 5.69 Å². The summed E-state index contributed by atoms with van der Waals surface area (Å²) in [6.07, 6.45) is 4.12. The molecule has 146 valence electrons. The lowest BCUT2D eigenvalue weighted by atomic mass is 10.1. The summed E-state index contributed by atoms with van der Waals surface area (Å²) in [5.74, 6) is -2.19. The Labute approximate surface area is 161 Å². The van der Waals surface area contributed by atoms with E-state index in [1.807, 2.05) is 17.6 Å². The molecule has 0 atom stereocenters. The second-order valence-electron chi connectivity index (χ2n) is 5.95. The van der Waals surface area contributed by atoms with Crippen LogP contribution in [0.5, 0.6) is 5.75 Å². The molecular formula is C19H20N4O5. The molecule has 0 spiro atoms. The number of nitrogens with zero attached hydrogens (tertiary/aromatic N) is 2. The quantitative estimate of drug-likeness (QED) is 0.292. The van der Waals surface area contributed by atoms with E-state index in [1.54, 1.807) is 12.1 Å². The fourth-order valence-corrected chi connectivity index (χ4v) is 2.29. The minimum atomic E-state index is -1.02. The largest absolute Gasteiger partial charge is 0.507 e. The number of aryl methyl sites for hydroxylation is 1. The smallest absolute Gasteiger partial charge is 0.329 e. The number of nitro benzene ring substituents is 1. The standard InChI is InChI=1S/C19H20N4O5/c1-2-3-4-13-5-7-15(8-6-13)21-18(25)19(26)22-20-12-14-11-16(23(27)28)9-10-17(14)24/h5-12,24H,2-4H2,1H3,(H,21,25)(H,22,26). The van der Waals surface area contributed by atoms with Crippen molar-refractivity contribution in [1.82, 2.24) is 5.43 Å². The molecule has 0 aliphatic rings. The molecule has 0 saturated heterocycles. The SMILES string of the molecule is CCCCc1ccc(NC(=O)C(=O)NN=Cc2cc([N+](=O)[O-])ccc2O)cc1. The van der Waals surface area contributed by atoms with Crippen molar-refractivity contribution < 1.29 is 19.6 Å². The van der Waals surface area contributed by atoms with Crippen molar-refractivity contribution in [1.29, 1.82) is 0 Å². The van der Waals surface area contributed by atoms with Gasteiger partial charge in [-0.05, 0) is 36.6 Å². The zero-order chi connectivity index (χ0) is 20.5. The van der Waals surface area contributed by atoms with Crippen LogP contribution in [0.25, 0.3) is 0 Å². The maximum Gasteiger partial charge on any atom is 0.329 e. The van der Waals surface area contributed by atoms with E-state index < -0.39 is 16.7 Å². The van der Waals surface area contributed by atoms with Gasteiger partial charge in [-0.15, -0.1) is 0 Å². The third-order valence-electron chi connectivity index (χ3n) is 3.83. The van der Waals surface area contributed by atoms with E-state index >= 15 is 0 Å². The number of nitro groups is 1. The van der Waals surface area contributed by atoms with Crippen molar-refractivity contribution in [2.24, 2.45) is 5.10 Å². The highest BCUT2D eigenvalue weighted by atomic mass is 16.6. The van der Waals surface area contributed by atoms with Crippen LogP contribution in [-0.4, -0.2) is 28.1 Å². The Morgan fingerprint density at radius 3 is 2.54 bits per heavy atom. The number of rotatable bonds is 7. The average Bonchev–Trinajstić information content (AvgIpc) is 2.68. The Balaban J connectivity index is 1.92. The summed E-state index contributed by atoms with van der Waals surface area (Å²) >= 11 is 0. The van der Waals surface area contributed by atoms with Gasteiger partial charge < -0.3 is 10.4 Å². The summed E-state index contributed by atoms with van der Waals surface area (Å²) in [4.78, 5) is 33.8. The first kappa shape index (κ1) is 20.6. The molecule has 9 heteroatoms. The van der Waals surface area contributed by atoms with Gasteiger partial charge in [-0.1, -0.05) is 25.5 Å². The molecule has 9 nitrogen and oxygen atoms in total. The molecule has 2 amide bonds. The Morgan fingerprint density at radius 1 is 1.18 bits per heavy atom. The van der Waals surface area contributed by atoms with Crippen LogP contribution in [0.3, 0.4) is 0 Å². The molecule has 0 radical (unpaired) electrons. The number of unbranched alkanes of at least 4 members (excludes halogenated alkanes) is 1. The van der Waals surface area contributed by atoms with E-state index in [9.17, 15) is 24.8 Å². The Bertz CT molecular complexity index is 894. The van der Waals surface area contributed by atoms with E-state index in [4.69, 9.17) is 0 Å². The van der Waals surface area contributed by atoms with Crippen LogP contribution >= 0.6 is 0 Å². The van der Waals surface area contributed by atoms with Gasteiger partial charge in [0.05, 0.1) is 11.1 Å². The maximum absolute atomic E-state index is 11.9. The molecule has 2 aromatic rings. The average molecular weight is 384 g/mol. The zero-order valence-corrected chi connectivity index (χ0v) is 15.2. The fraction of sp³-hybridized carbons (Fsp3) is 0.211. The molecule has 0 aliphatic heterocycles. The number of carbonyl (C=O) groups is 2. The van der Waals surface area contributed by atoms with Gasteiger partial charge in [0.2, 0.25) is 0 Å². The zero-order valence-electron chi connectivity index (χ0n) is 15.2. The number of hydrogen-bond acceptors (Lipinski definition) is 6. The summed E-state index contributed by atoms with van der Waals surface area (Å²) in [5.41, 5.74) is 3.40. The first-order chi connectivity index (χ1) is 13.4. The van der Waals surface area contributed by atoms with E-state index in [-0.39, 0.29) is 17.0 Å². The topological polar surface area (TPSA) is 134 Å². The minimum Gasteiger partial charge on any atom is -0.507 e. The van der Waals surface area contributed by atoms with Crippen LogP contribution in [0.4, 0.5) is 11.4 Å². The van der Waals surface area contributed by atoms with Gasteiger partial charge in [0.25, 0.3) is 5.69 Å². The van der Waals surface area contributed by atoms with Crippen molar-refractivity contribution in [3.63, 3.8) is 0 Å². The van der Waals surface area contributed by atoms with Crippen LogP contribution in [0, 0.1) is 10.1 Å². The molecule has 0 heterocycles. The molecule has 0 bridgehead atoms. The fourth-order valence-electron chi connectivity index (χ4n) is 2.29. The van der Waals surface area contributed by atoms with Gasteiger partial charge in [0.1, 0.15) is 5.75 Å². The van der Waals surface area contributed by atoms with Crippen molar-refractivity contribution in [3.8, 4) is 5.75 Å². The van der Waals surface area contributed by atoms with Crippen molar-refractivity contribution >= 4 is 29.4 Å².